The van der Waals surface area contributed by atoms with Crippen molar-refractivity contribution in [1.82, 2.24) is 14.1 Å². The molecular weight excluding hydrogens is 318 g/mol. The fraction of sp³-hybridized carbons (Fsp3) is 0.933. The van der Waals surface area contributed by atoms with E-state index in [4.69, 9.17) is 5.11 Å². The van der Waals surface area contributed by atoms with E-state index in [2.05, 4.69) is 4.90 Å². The highest BCUT2D eigenvalue weighted by atomic mass is 32.2. The first-order valence-corrected chi connectivity index (χ1v) is 10.2. The number of likely N-dealkylation sites (tertiary alicyclic amines) is 1. The van der Waals surface area contributed by atoms with Crippen LogP contribution < -0.4 is 0 Å². The lowest BCUT2D eigenvalue weighted by Crippen LogP contribution is -2.53. The molecule has 0 bridgehead atoms. The van der Waals surface area contributed by atoms with E-state index >= 15 is 0 Å². The van der Waals surface area contributed by atoms with E-state index in [0.29, 0.717) is 45.1 Å². The maximum Gasteiger partial charge on any atom is 0.236 e. The van der Waals surface area contributed by atoms with Crippen molar-refractivity contribution in [2.24, 2.45) is 5.92 Å². The lowest BCUT2D eigenvalue weighted by atomic mass is 9.98. The standard InChI is InChI=1S/C15H29N3O4S/c1-2-11-23(21,22)18-9-7-17(8-10-18)15(20)12-16-5-3-14(13-19)4-6-16/h14,19H,2-13H2,1H3. The summed E-state index contributed by atoms with van der Waals surface area (Å²) in [6.07, 6.45) is 2.49. The van der Waals surface area contributed by atoms with E-state index in [1.165, 1.54) is 4.31 Å². The van der Waals surface area contributed by atoms with Crippen LogP contribution in [0, 0.1) is 5.92 Å². The number of aliphatic hydroxyl groups excluding tert-OH is 1. The average molecular weight is 347 g/mol. The van der Waals surface area contributed by atoms with Crippen LogP contribution in [0.2, 0.25) is 0 Å². The summed E-state index contributed by atoms with van der Waals surface area (Å²) in [6, 6.07) is 0. The number of hydrogen-bond acceptors (Lipinski definition) is 5. The van der Waals surface area contributed by atoms with Crippen molar-refractivity contribution in [3.8, 4) is 0 Å². The molecule has 1 N–H and O–H groups in total. The average Bonchev–Trinajstić information content (AvgIpc) is 2.55. The number of carbonyl (C=O) groups is 1. The molecule has 0 radical (unpaired) electrons. The quantitative estimate of drug-likeness (QED) is 0.705. The summed E-state index contributed by atoms with van der Waals surface area (Å²) in [5, 5.41) is 9.14. The number of carbonyl (C=O) groups excluding carboxylic acids is 1. The number of hydrogen-bond donors (Lipinski definition) is 1. The molecule has 2 rings (SSSR count). The van der Waals surface area contributed by atoms with Crippen molar-refractivity contribution in [3.63, 3.8) is 0 Å². The molecular formula is C15H29N3O4S. The van der Waals surface area contributed by atoms with Gasteiger partial charge in [0.25, 0.3) is 0 Å². The van der Waals surface area contributed by atoms with Gasteiger partial charge in [-0.25, -0.2) is 8.42 Å². The largest absolute Gasteiger partial charge is 0.396 e. The Hall–Kier alpha value is -0.700. The van der Waals surface area contributed by atoms with Gasteiger partial charge in [-0.05, 0) is 38.3 Å². The third kappa shape index (κ3) is 5.14. The number of piperidine rings is 1. The molecule has 0 saturated carbocycles. The molecule has 2 saturated heterocycles. The van der Waals surface area contributed by atoms with Gasteiger partial charge in [-0.3, -0.25) is 9.69 Å². The van der Waals surface area contributed by atoms with Crippen LogP contribution in [-0.4, -0.2) is 91.7 Å². The third-order valence-electron chi connectivity index (χ3n) is 4.77. The highest BCUT2D eigenvalue weighted by molar-refractivity contribution is 7.89. The first-order valence-electron chi connectivity index (χ1n) is 8.55. The topological polar surface area (TPSA) is 81.2 Å². The van der Waals surface area contributed by atoms with Crippen molar-refractivity contribution in [2.75, 3.05) is 58.2 Å². The van der Waals surface area contributed by atoms with E-state index in [1.807, 2.05) is 6.92 Å². The Morgan fingerprint density at radius 1 is 1.09 bits per heavy atom. The second kappa shape index (κ2) is 8.41. The highest BCUT2D eigenvalue weighted by Crippen LogP contribution is 2.16. The van der Waals surface area contributed by atoms with Gasteiger partial charge >= 0.3 is 0 Å². The van der Waals surface area contributed by atoms with Crippen LogP contribution in [0.15, 0.2) is 0 Å². The normalized spacial score (nSPS) is 22.4. The number of piperazine rings is 1. The first-order chi connectivity index (χ1) is 11.0. The Morgan fingerprint density at radius 2 is 1.70 bits per heavy atom. The fourth-order valence-electron chi connectivity index (χ4n) is 3.22. The maximum absolute atomic E-state index is 12.4. The molecule has 23 heavy (non-hydrogen) atoms. The van der Waals surface area contributed by atoms with Crippen LogP contribution in [0.1, 0.15) is 26.2 Å². The molecule has 8 heteroatoms. The molecule has 0 atom stereocenters. The maximum atomic E-state index is 12.4. The predicted octanol–water partition coefficient (Wildman–Crippen LogP) is -0.425. The first kappa shape index (κ1) is 18.6. The zero-order chi connectivity index (χ0) is 16.9. The van der Waals surface area contributed by atoms with E-state index in [9.17, 15) is 13.2 Å². The molecule has 1 amide bonds. The molecule has 0 unspecified atom stereocenters. The number of amides is 1. The SMILES string of the molecule is CCCS(=O)(=O)N1CCN(C(=O)CN2CCC(CO)CC2)CC1. The van der Waals surface area contributed by atoms with E-state index in [-0.39, 0.29) is 18.3 Å². The molecule has 0 aromatic carbocycles. The summed E-state index contributed by atoms with van der Waals surface area (Å²) >= 11 is 0. The third-order valence-corrected chi connectivity index (χ3v) is 6.85. The van der Waals surface area contributed by atoms with Gasteiger partial charge in [0.2, 0.25) is 15.9 Å². The molecule has 7 nitrogen and oxygen atoms in total. The van der Waals surface area contributed by atoms with Gasteiger partial charge in [-0.15, -0.1) is 0 Å². The Bertz CT molecular complexity index is 481. The van der Waals surface area contributed by atoms with Crippen LogP contribution in [0.25, 0.3) is 0 Å². The Balaban J connectivity index is 1.76. The van der Waals surface area contributed by atoms with E-state index in [0.717, 1.165) is 25.9 Å². The zero-order valence-electron chi connectivity index (χ0n) is 14.0. The summed E-state index contributed by atoms with van der Waals surface area (Å²) in [5.74, 6) is 0.634. The molecule has 134 valence electrons. The Kier molecular flexibility index (Phi) is 6.82. The molecule has 0 aromatic rings. The minimum absolute atomic E-state index is 0.0833. The van der Waals surface area contributed by atoms with Gasteiger partial charge < -0.3 is 10.0 Å². The van der Waals surface area contributed by atoms with Crippen molar-refractivity contribution < 1.29 is 18.3 Å². The smallest absolute Gasteiger partial charge is 0.236 e. The van der Waals surface area contributed by atoms with Crippen LogP contribution in [0.4, 0.5) is 0 Å². The van der Waals surface area contributed by atoms with Crippen LogP contribution in [0.5, 0.6) is 0 Å². The molecule has 2 heterocycles. The molecule has 0 aliphatic carbocycles. The second-order valence-electron chi connectivity index (χ2n) is 6.50. The summed E-state index contributed by atoms with van der Waals surface area (Å²) in [7, 11) is -3.16. The zero-order valence-corrected chi connectivity index (χ0v) is 14.8. The number of rotatable bonds is 6. The van der Waals surface area contributed by atoms with Crippen LogP contribution in [0.3, 0.4) is 0 Å². The summed E-state index contributed by atoms with van der Waals surface area (Å²) < 4.78 is 25.6. The van der Waals surface area contributed by atoms with E-state index in [1.54, 1.807) is 4.90 Å². The predicted molar refractivity (Wildman–Crippen MR) is 88.5 cm³/mol. The summed E-state index contributed by atoms with van der Waals surface area (Å²) in [5.41, 5.74) is 0. The minimum atomic E-state index is -3.16. The van der Waals surface area contributed by atoms with Gasteiger partial charge in [-0.1, -0.05) is 6.92 Å². The lowest BCUT2D eigenvalue weighted by Gasteiger charge is -2.36. The van der Waals surface area contributed by atoms with Crippen LogP contribution >= 0.6 is 0 Å². The van der Waals surface area contributed by atoms with Gasteiger partial charge in [0.15, 0.2) is 0 Å². The van der Waals surface area contributed by atoms with Crippen molar-refractivity contribution in [2.45, 2.75) is 26.2 Å². The lowest BCUT2D eigenvalue weighted by molar-refractivity contribution is -0.134. The van der Waals surface area contributed by atoms with Gasteiger partial charge in [-0.2, -0.15) is 4.31 Å². The highest BCUT2D eigenvalue weighted by Gasteiger charge is 2.29. The summed E-state index contributed by atoms with van der Waals surface area (Å²) in [6.45, 7) is 5.96. The number of nitrogens with zero attached hydrogens (tertiary/aromatic N) is 3. The molecule has 0 aromatic heterocycles. The summed E-state index contributed by atoms with van der Waals surface area (Å²) in [4.78, 5) is 16.3. The van der Waals surface area contributed by atoms with Crippen molar-refractivity contribution in [3.05, 3.63) is 0 Å². The number of sulfonamides is 1. The second-order valence-corrected chi connectivity index (χ2v) is 8.59. The van der Waals surface area contributed by atoms with Gasteiger partial charge in [0.05, 0.1) is 12.3 Å². The number of aliphatic hydroxyl groups is 1. The molecule has 2 fully saturated rings. The van der Waals surface area contributed by atoms with E-state index < -0.39 is 10.0 Å². The van der Waals surface area contributed by atoms with Crippen molar-refractivity contribution in [1.29, 1.82) is 0 Å². The van der Waals surface area contributed by atoms with Crippen LogP contribution in [-0.2, 0) is 14.8 Å². The molecule has 2 aliphatic heterocycles. The molecule has 2 aliphatic rings. The van der Waals surface area contributed by atoms with Crippen molar-refractivity contribution >= 4 is 15.9 Å². The Labute approximate surface area is 139 Å². The molecule has 0 spiro atoms. The monoisotopic (exact) mass is 347 g/mol. The Morgan fingerprint density at radius 3 is 2.22 bits per heavy atom. The fourth-order valence-corrected chi connectivity index (χ4v) is 4.71. The van der Waals surface area contributed by atoms with Gasteiger partial charge in [0.1, 0.15) is 0 Å². The van der Waals surface area contributed by atoms with Gasteiger partial charge in [0, 0.05) is 32.8 Å². The minimum Gasteiger partial charge on any atom is -0.396 e.